The second-order valence-corrected chi connectivity index (χ2v) is 3.62. The molecule has 0 heterocycles. The fourth-order valence-corrected chi connectivity index (χ4v) is 1.09. The SMILES string of the molecule is C=CCC(=N)NCCCCNC(=O)OC(=C)C. The van der Waals surface area contributed by atoms with Gasteiger partial charge < -0.3 is 15.4 Å². The Morgan fingerprint density at radius 1 is 1.35 bits per heavy atom. The van der Waals surface area contributed by atoms with Crippen molar-refractivity contribution in [3.8, 4) is 0 Å². The Labute approximate surface area is 102 Å². The Hall–Kier alpha value is -1.78. The van der Waals surface area contributed by atoms with Gasteiger partial charge in [0.1, 0.15) is 0 Å². The molecular formula is C12H21N3O2. The average Bonchev–Trinajstić information content (AvgIpc) is 2.22. The largest absolute Gasteiger partial charge is 0.416 e. The first-order chi connectivity index (χ1) is 8.06. The van der Waals surface area contributed by atoms with E-state index in [4.69, 9.17) is 10.1 Å². The third-order valence-corrected chi connectivity index (χ3v) is 1.83. The molecule has 0 radical (unpaired) electrons. The highest BCUT2D eigenvalue weighted by atomic mass is 16.6. The molecule has 0 atom stereocenters. The van der Waals surface area contributed by atoms with Gasteiger partial charge in [-0.1, -0.05) is 12.7 Å². The quantitative estimate of drug-likeness (QED) is 0.200. The fraction of sp³-hybridized carbons (Fsp3) is 0.500. The first-order valence-corrected chi connectivity index (χ1v) is 5.59. The summed E-state index contributed by atoms with van der Waals surface area (Å²) >= 11 is 0. The minimum absolute atomic E-state index is 0.377. The zero-order valence-electron chi connectivity index (χ0n) is 10.3. The minimum atomic E-state index is -0.468. The van der Waals surface area contributed by atoms with Crippen LogP contribution in [0.5, 0.6) is 0 Å². The van der Waals surface area contributed by atoms with Crippen LogP contribution in [0.15, 0.2) is 25.0 Å². The van der Waals surface area contributed by atoms with Gasteiger partial charge in [0.25, 0.3) is 0 Å². The third kappa shape index (κ3) is 10.5. The fourth-order valence-electron chi connectivity index (χ4n) is 1.09. The van der Waals surface area contributed by atoms with Crippen LogP contribution in [0.2, 0.25) is 0 Å². The summed E-state index contributed by atoms with van der Waals surface area (Å²) in [6, 6.07) is 0. The monoisotopic (exact) mass is 239 g/mol. The smallest absolute Gasteiger partial charge is 0.412 e. The van der Waals surface area contributed by atoms with Gasteiger partial charge in [0, 0.05) is 19.5 Å². The Kier molecular flexibility index (Phi) is 8.46. The van der Waals surface area contributed by atoms with Crippen LogP contribution in [0.4, 0.5) is 4.79 Å². The second-order valence-electron chi connectivity index (χ2n) is 3.62. The summed E-state index contributed by atoms with van der Waals surface area (Å²) in [4.78, 5) is 11.0. The maximum absolute atomic E-state index is 11.0. The predicted octanol–water partition coefficient (Wildman–Crippen LogP) is 2.17. The highest BCUT2D eigenvalue weighted by Crippen LogP contribution is 1.91. The number of hydrogen-bond donors (Lipinski definition) is 3. The molecule has 5 heteroatoms. The van der Waals surface area contributed by atoms with Gasteiger partial charge in [-0.05, 0) is 19.8 Å². The number of amidine groups is 1. The molecule has 0 aliphatic carbocycles. The molecule has 0 aliphatic rings. The van der Waals surface area contributed by atoms with Gasteiger partial charge in [0.15, 0.2) is 0 Å². The lowest BCUT2D eigenvalue weighted by Crippen LogP contribution is -2.26. The number of alkyl carbamates (subject to hydrolysis) is 1. The number of ether oxygens (including phenoxy) is 1. The number of carbonyl (C=O) groups excluding carboxylic acids is 1. The van der Waals surface area contributed by atoms with E-state index in [2.05, 4.69) is 23.8 Å². The van der Waals surface area contributed by atoms with Gasteiger partial charge in [-0.15, -0.1) is 6.58 Å². The summed E-state index contributed by atoms with van der Waals surface area (Å²) < 4.78 is 4.72. The van der Waals surface area contributed by atoms with E-state index in [-0.39, 0.29) is 0 Å². The van der Waals surface area contributed by atoms with E-state index in [9.17, 15) is 4.79 Å². The number of carbonyl (C=O) groups is 1. The molecule has 0 aromatic heterocycles. The maximum Gasteiger partial charge on any atom is 0.412 e. The van der Waals surface area contributed by atoms with E-state index in [0.29, 0.717) is 24.6 Å². The van der Waals surface area contributed by atoms with Crippen LogP contribution in [-0.4, -0.2) is 25.0 Å². The van der Waals surface area contributed by atoms with Crippen molar-refractivity contribution < 1.29 is 9.53 Å². The van der Waals surface area contributed by atoms with Crippen molar-refractivity contribution in [3.63, 3.8) is 0 Å². The number of allylic oxidation sites excluding steroid dienone is 1. The van der Waals surface area contributed by atoms with Crippen LogP contribution >= 0.6 is 0 Å². The number of nitrogens with one attached hydrogen (secondary N) is 3. The Morgan fingerprint density at radius 2 is 1.94 bits per heavy atom. The van der Waals surface area contributed by atoms with E-state index in [1.165, 1.54) is 0 Å². The molecule has 0 spiro atoms. The standard InChI is InChI=1S/C12H21N3O2/c1-4-7-11(13)14-8-5-6-9-15-12(16)17-10(2)3/h4H,1-2,5-9H2,3H3,(H2,13,14)(H,15,16). The molecule has 5 nitrogen and oxygen atoms in total. The molecule has 3 N–H and O–H groups in total. The van der Waals surface area contributed by atoms with Gasteiger partial charge in [0.2, 0.25) is 0 Å². The maximum atomic E-state index is 11.0. The number of amides is 1. The van der Waals surface area contributed by atoms with Crippen LogP contribution in [0.25, 0.3) is 0 Å². The summed E-state index contributed by atoms with van der Waals surface area (Å²) in [5.74, 6) is 0.844. The van der Waals surface area contributed by atoms with Crippen LogP contribution in [-0.2, 0) is 4.74 Å². The number of rotatable bonds is 8. The molecule has 1 amide bonds. The van der Waals surface area contributed by atoms with Gasteiger partial charge in [-0.2, -0.15) is 0 Å². The molecule has 96 valence electrons. The zero-order chi connectivity index (χ0) is 13.1. The highest BCUT2D eigenvalue weighted by Gasteiger charge is 2.00. The van der Waals surface area contributed by atoms with Crippen molar-refractivity contribution in [2.24, 2.45) is 0 Å². The Morgan fingerprint density at radius 3 is 2.47 bits per heavy atom. The molecule has 0 bridgehead atoms. The number of unbranched alkanes of at least 4 members (excludes halogenated alkanes) is 1. The first kappa shape index (κ1) is 15.2. The van der Waals surface area contributed by atoms with Gasteiger partial charge in [-0.3, -0.25) is 5.41 Å². The predicted molar refractivity (Wildman–Crippen MR) is 69.1 cm³/mol. The lowest BCUT2D eigenvalue weighted by molar-refractivity contribution is 0.176. The van der Waals surface area contributed by atoms with E-state index in [1.807, 2.05) is 0 Å². The van der Waals surface area contributed by atoms with Crippen molar-refractivity contribution in [1.29, 1.82) is 5.41 Å². The summed E-state index contributed by atoms with van der Waals surface area (Å²) in [7, 11) is 0. The minimum Gasteiger partial charge on any atom is -0.416 e. The lowest BCUT2D eigenvalue weighted by Gasteiger charge is -2.07. The van der Waals surface area contributed by atoms with E-state index >= 15 is 0 Å². The molecule has 0 fully saturated rings. The summed E-state index contributed by atoms with van der Waals surface area (Å²) in [5.41, 5.74) is 0. The highest BCUT2D eigenvalue weighted by molar-refractivity contribution is 5.80. The van der Waals surface area contributed by atoms with Crippen LogP contribution in [0.1, 0.15) is 26.2 Å². The van der Waals surface area contributed by atoms with E-state index < -0.39 is 6.09 Å². The third-order valence-electron chi connectivity index (χ3n) is 1.83. The molecule has 0 saturated carbocycles. The van der Waals surface area contributed by atoms with E-state index in [1.54, 1.807) is 13.0 Å². The molecule has 0 unspecified atom stereocenters. The van der Waals surface area contributed by atoms with Crippen molar-refractivity contribution in [1.82, 2.24) is 10.6 Å². The summed E-state index contributed by atoms with van der Waals surface area (Å²) in [5, 5.41) is 13.0. The van der Waals surface area contributed by atoms with Gasteiger partial charge in [-0.25, -0.2) is 4.79 Å². The van der Waals surface area contributed by atoms with Crippen molar-refractivity contribution in [3.05, 3.63) is 25.0 Å². The molecule has 0 rings (SSSR count). The second kappa shape index (κ2) is 9.45. The Bertz CT molecular complexity index is 287. The van der Waals surface area contributed by atoms with Crippen molar-refractivity contribution >= 4 is 11.9 Å². The molecule has 17 heavy (non-hydrogen) atoms. The molecule has 0 aromatic rings. The van der Waals surface area contributed by atoms with Crippen molar-refractivity contribution in [2.45, 2.75) is 26.2 Å². The van der Waals surface area contributed by atoms with Gasteiger partial charge >= 0.3 is 6.09 Å². The topological polar surface area (TPSA) is 74.2 Å². The first-order valence-electron chi connectivity index (χ1n) is 5.59. The van der Waals surface area contributed by atoms with Crippen LogP contribution in [0, 0.1) is 5.41 Å². The zero-order valence-corrected chi connectivity index (χ0v) is 10.3. The van der Waals surface area contributed by atoms with Crippen LogP contribution < -0.4 is 10.6 Å². The van der Waals surface area contributed by atoms with Gasteiger partial charge in [0.05, 0.1) is 11.6 Å². The van der Waals surface area contributed by atoms with Crippen LogP contribution in [0.3, 0.4) is 0 Å². The molecular weight excluding hydrogens is 218 g/mol. The molecule has 0 saturated heterocycles. The molecule has 0 aromatic carbocycles. The van der Waals surface area contributed by atoms with Crippen molar-refractivity contribution in [2.75, 3.05) is 13.1 Å². The normalized spacial score (nSPS) is 9.24. The number of hydrogen-bond acceptors (Lipinski definition) is 3. The summed E-state index contributed by atoms with van der Waals surface area (Å²) in [6.45, 7) is 9.92. The summed E-state index contributed by atoms with van der Waals surface area (Å²) in [6.07, 6.45) is 3.49. The Balaban J connectivity index is 3.34. The van der Waals surface area contributed by atoms with E-state index in [0.717, 1.165) is 19.4 Å². The lowest BCUT2D eigenvalue weighted by atomic mass is 10.3. The molecule has 0 aliphatic heterocycles. The average molecular weight is 239 g/mol.